The van der Waals surface area contributed by atoms with Crippen molar-refractivity contribution < 1.29 is 18.9 Å². The van der Waals surface area contributed by atoms with E-state index in [0.29, 0.717) is 37.0 Å². The first-order valence-electron chi connectivity index (χ1n) is 10.6. The maximum absolute atomic E-state index is 12.3. The average molecular weight is 431 g/mol. The smallest absolute Gasteiger partial charge is 0.269 e. The second kappa shape index (κ2) is 11.0. The fraction of sp³-hybridized carbons (Fsp3) is 0.571. The lowest BCUT2D eigenvalue weighted by Gasteiger charge is -2.30. The van der Waals surface area contributed by atoms with Crippen molar-refractivity contribution in [1.29, 1.82) is 0 Å². The number of nitro benzene ring substituents is 1. The minimum atomic E-state index is -0.450. The number of nitrogens with zero attached hydrogens (tertiary/aromatic N) is 4. The molecule has 31 heavy (non-hydrogen) atoms. The summed E-state index contributed by atoms with van der Waals surface area (Å²) >= 11 is 0. The molecule has 0 radical (unpaired) electrons. The molecule has 168 valence electrons. The van der Waals surface area contributed by atoms with Gasteiger partial charge in [0.1, 0.15) is 0 Å². The van der Waals surface area contributed by atoms with Gasteiger partial charge in [-0.25, -0.2) is 0 Å². The van der Waals surface area contributed by atoms with Gasteiger partial charge in [0, 0.05) is 36.8 Å². The zero-order chi connectivity index (χ0) is 22.2. The Hall–Kier alpha value is -2.85. The van der Waals surface area contributed by atoms with Crippen molar-refractivity contribution in [2.75, 3.05) is 26.2 Å². The van der Waals surface area contributed by atoms with Crippen LogP contribution in [-0.2, 0) is 16.1 Å². The number of piperidine rings is 1. The Balaban J connectivity index is 1.41. The molecule has 0 unspecified atom stereocenters. The highest BCUT2D eigenvalue weighted by atomic mass is 16.6. The van der Waals surface area contributed by atoms with Gasteiger partial charge in [-0.2, -0.15) is 0 Å². The van der Waals surface area contributed by atoms with Crippen LogP contribution in [0, 0.1) is 16.0 Å². The molecule has 1 aliphatic heterocycles. The lowest BCUT2D eigenvalue weighted by atomic mass is 9.96. The van der Waals surface area contributed by atoms with E-state index in [-0.39, 0.29) is 23.6 Å². The quantitative estimate of drug-likeness (QED) is 0.346. The molecule has 1 aromatic carbocycles. The minimum Gasteiger partial charge on any atom is -0.419 e. The molecule has 1 amide bonds. The first kappa shape index (κ1) is 22.8. The fourth-order valence-corrected chi connectivity index (χ4v) is 3.45. The molecule has 1 N–H and O–H groups in total. The number of likely N-dealkylation sites (tertiary alicyclic amines) is 1. The maximum Gasteiger partial charge on any atom is 0.269 e. The second-order valence-corrected chi connectivity index (χ2v) is 7.92. The summed E-state index contributed by atoms with van der Waals surface area (Å²) < 4.78 is 11.2. The molecule has 0 spiro atoms. The van der Waals surface area contributed by atoms with Gasteiger partial charge in [-0.3, -0.25) is 19.8 Å². The number of amides is 1. The van der Waals surface area contributed by atoms with Crippen LogP contribution in [0.1, 0.15) is 39.0 Å². The van der Waals surface area contributed by atoms with Crippen LogP contribution in [0.2, 0.25) is 0 Å². The van der Waals surface area contributed by atoms with Gasteiger partial charge in [-0.1, -0.05) is 0 Å². The van der Waals surface area contributed by atoms with Crippen LogP contribution in [0.4, 0.5) is 5.69 Å². The van der Waals surface area contributed by atoms with Gasteiger partial charge in [0.05, 0.1) is 17.6 Å². The first-order chi connectivity index (χ1) is 14.9. The predicted octanol–water partition coefficient (Wildman–Crippen LogP) is 2.79. The number of nitrogens with one attached hydrogen (secondary N) is 1. The Morgan fingerprint density at radius 1 is 1.29 bits per heavy atom. The third-order valence-corrected chi connectivity index (χ3v) is 5.18. The number of carbonyl (C=O) groups excluding carboxylic acids is 1. The highest BCUT2D eigenvalue weighted by Gasteiger charge is 2.25. The van der Waals surface area contributed by atoms with Gasteiger partial charge in [-0.05, 0) is 58.3 Å². The largest absolute Gasteiger partial charge is 0.419 e. The molecule has 2 heterocycles. The van der Waals surface area contributed by atoms with E-state index in [1.165, 1.54) is 12.1 Å². The van der Waals surface area contributed by atoms with Crippen molar-refractivity contribution >= 4 is 11.6 Å². The summed E-state index contributed by atoms with van der Waals surface area (Å²) in [6.07, 6.45) is 2.61. The molecule has 1 saturated heterocycles. The number of ether oxygens (including phenoxy) is 1. The Morgan fingerprint density at radius 2 is 2.00 bits per heavy atom. The van der Waals surface area contributed by atoms with E-state index in [9.17, 15) is 14.9 Å². The Bertz CT molecular complexity index is 859. The summed E-state index contributed by atoms with van der Waals surface area (Å²) in [5, 5.41) is 21.9. The van der Waals surface area contributed by atoms with Gasteiger partial charge in [-0.15, -0.1) is 10.2 Å². The molecule has 1 fully saturated rings. The van der Waals surface area contributed by atoms with Crippen LogP contribution >= 0.6 is 0 Å². The third kappa shape index (κ3) is 6.83. The second-order valence-electron chi connectivity index (χ2n) is 7.92. The molecule has 3 rings (SSSR count). The van der Waals surface area contributed by atoms with Gasteiger partial charge < -0.3 is 14.5 Å². The molecule has 0 atom stereocenters. The van der Waals surface area contributed by atoms with E-state index in [1.54, 1.807) is 12.1 Å². The Morgan fingerprint density at radius 3 is 2.65 bits per heavy atom. The normalized spacial score (nSPS) is 15.3. The van der Waals surface area contributed by atoms with Gasteiger partial charge in [0.2, 0.25) is 17.7 Å². The molecular weight excluding hydrogens is 402 g/mol. The SMILES string of the molecule is CC(C)OCCCNC(=O)C1CCN(Cc2nnc(-c3ccc([N+](=O)[O-])cc3)o2)CC1. The number of rotatable bonds is 10. The summed E-state index contributed by atoms with van der Waals surface area (Å²) in [5.74, 6) is 0.963. The van der Waals surface area contributed by atoms with Crippen LogP contribution in [0.25, 0.3) is 11.5 Å². The van der Waals surface area contributed by atoms with Gasteiger partial charge >= 0.3 is 0 Å². The van der Waals surface area contributed by atoms with Gasteiger partial charge in [0.25, 0.3) is 5.69 Å². The van der Waals surface area contributed by atoms with Crippen molar-refractivity contribution in [3.8, 4) is 11.5 Å². The molecule has 1 aliphatic rings. The number of carbonyl (C=O) groups is 1. The van der Waals surface area contributed by atoms with E-state index in [4.69, 9.17) is 9.15 Å². The summed E-state index contributed by atoms with van der Waals surface area (Å²) in [5.41, 5.74) is 0.651. The lowest BCUT2D eigenvalue weighted by Crippen LogP contribution is -2.40. The summed E-state index contributed by atoms with van der Waals surface area (Å²) in [6, 6.07) is 6.00. The van der Waals surface area contributed by atoms with E-state index in [1.807, 2.05) is 13.8 Å². The molecule has 2 aromatic rings. The molecule has 0 saturated carbocycles. The number of benzene rings is 1. The standard InChI is InChI=1S/C21H29N5O5/c1-15(2)30-13-3-10-22-20(27)16-8-11-25(12-9-16)14-19-23-24-21(31-19)17-4-6-18(7-5-17)26(28)29/h4-7,15-16H,3,8-14H2,1-2H3,(H,22,27). The number of hydrogen-bond acceptors (Lipinski definition) is 8. The van der Waals surface area contributed by atoms with E-state index in [2.05, 4.69) is 20.4 Å². The predicted molar refractivity (Wildman–Crippen MR) is 113 cm³/mol. The minimum absolute atomic E-state index is 0.0132. The Kier molecular flexibility index (Phi) is 8.07. The molecule has 0 bridgehead atoms. The monoisotopic (exact) mass is 431 g/mol. The van der Waals surface area contributed by atoms with Crippen LogP contribution in [-0.4, -0.2) is 58.3 Å². The van der Waals surface area contributed by atoms with Crippen molar-refractivity contribution in [1.82, 2.24) is 20.4 Å². The number of aromatic nitrogens is 2. The number of hydrogen-bond donors (Lipinski definition) is 1. The van der Waals surface area contributed by atoms with E-state index >= 15 is 0 Å². The highest BCUT2D eigenvalue weighted by Crippen LogP contribution is 2.23. The van der Waals surface area contributed by atoms with Crippen molar-refractivity contribution in [3.63, 3.8) is 0 Å². The molecule has 0 aliphatic carbocycles. The first-order valence-corrected chi connectivity index (χ1v) is 10.6. The van der Waals surface area contributed by atoms with Crippen molar-refractivity contribution in [2.45, 2.75) is 45.8 Å². The third-order valence-electron chi connectivity index (χ3n) is 5.18. The van der Waals surface area contributed by atoms with Crippen molar-refractivity contribution in [2.24, 2.45) is 5.92 Å². The highest BCUT2D eigenvalue weighted by molar-refractivity contribution is 5.78. The van der Waals surface area contributed by atoms with E-state index < -0.39 is 4.92 Å². The van der Waals surface area contributed by atoms with Crippen LogP contribution in [0.5, 0.6) is 0 Å². The van der Waals surface area contributed by atoms with Crippen LogP contribution < -0.4 is 5.32 Å². The van der Waals surface area contributed by atoms with Gasteiger partial charge in [0.15, 0.2) is 0 Å². The zero-order valence-electron chi connectivity index (χ0n) is 18.0. The lowest BCUT2D eigenvalue weighted by molar-refractivity contribution is -0.384. The summed E-state index contributed by atoms with van der Waals surface area (Å²) in [6.45, 7) is 7.37. The molecule has 10 nitrogen and oxygen atoms in total. The topological polar surface area (TPSA) is 124 Å². The number of non-ortho nitro benzene ring substituents is 1. The fourth-order valence-electron chi connectivity index (χ4n) is 3.45. The van der Waals surface area contributed by atoms with Crippen LogP contribution in [0.15, 0.2) is 28.7 Å². The Labute approximate surface area is 181 Å². The molecule has 1 aromatic heterocycles. The molecular formula is C21H29N5O5. The van der Waals surface area contributed by atoms with Crippen LogP contribution in [0.3, 0.4) is 0 Å². The maximum atomic E-state index is 12.3. The summed E-state index contributed by atoms with van der Waals surface area (Å²) in [4.78, 5) is 24.8. The zero-order valence-corrected chi connectivity index (χ0v) is 18.0. The van der Waals surface area contributed by atoms with Crippen molar-refractivity contribution in [3.05, 3.63) is 40.3 Å². The molecule has 10 heteroatoms. The average Bonchev–Trinajstić information content (AvgIpc) is 3.22. The summed E-state index contributed by atoms with van der Waals surface area (Å²) in [7, 11) is 0. The van der Waals surface area contributed by atoms with E-state index in [0.717, 1.165) is 32.4 Å². The number of nitro groups is 1.